The number of carbonyl (C=O) groups is 2. The van der Waals surface area contributed by atoms with Crippen LogP contribution in [-0.4, -0.2) is 53.8 Å². The van der Waals surface area contributed by atoms with Crippen LogP contribution < -0.4 is 0 Å². The first-order valence-electron chi connectivity index (χ1n) is 18.0. The van der Waals surface area contributed by atoms with Crippen molar-refractivity contribution < 1.29 is 19.8 Å². The van der Waals surface area contributed by atoms with Crippen LogP contribution in [0.3, 0.4) is 0 Å². The summed E-state index contributed by atoms with van der Waals surface area (Å²) in [6, 6.07) is 0. The molecule has 0 heterocycles. The molecule has 0 saturated heterocycles. The summed E-state index contributed by atoms with van der Waals surface area (Å²) in [5.41, 5.74) is 0. The second kappa shape index (κ2) is 41.8. The van der Waals surface area contributed by atoms with Gasteiger partial charge in [0, 0.05) is 0 Å². The Hall–Kier alpha value is 0.789. The van der Waals surface area contributed by atoms with Crippen molar-refractivity contribution in [3.05, 3.63) is 0 Å². The molecule has 2 N–H and O–H groups in total. The van der Waals surface area contributed by atoms with Gasteiger partial charge in [-0.2, -0.15) is 25.3 Å². The van der Waals surface area contributed by atoms with Gasteiger partial charge in [0.15, 0.2) is 0 Å². The fourth-order valence-electron chi connectivity index (χ4n) is 4.57. The van der Waals surface area contributed by atoms with Crippen LogP contribution in [0, 0.1) is 11.8 Å². The minimum absolute atomic E-state index is 0. The minimum Gasteiger partial charge on any atom is -2.00 e. The van der Waals surface area contributed by atoms with Crippen LogP contribution in [-0.2, 0) is 23.1 Å². The van der Waals surface area contributed by atoms with E-state index in [2.05, 4.69) is 66.8 Å². The summed E-state index contributed by atoms with van der Waals surface area (Å²) in [6.45, 7) is 13.4. The Morgan fingerprint density at radius 1 is 0.500 bits per heavy atom. The maximum atomic E-state index is 10.4. The number of rotatable bonds is 28. The zero-order valence-electron chi connectivity index (χ0n) is 29.8. The van der Waals surface area contributed by atoms with Gasteiger partial charge in [-0.3, -0.25) is 9.59 Å². The van der Waals surface area contributed by atoms with Crippen LogP contribution in [0.25, 0.3) is 0 Å². The van der Waals surface area contributed by atoms with Gasteiger partial charge in [0.25, 0.3) is 0 Å². The maximum Gasteiger partial charge on any atom is -2.00 e. The van der Waals surface area contributed by atoms with Gasteiger partial charge < -0.3 is 23.7 Å². The SMILES string of the molecule is CC(C)CCCCCC(S)C(=O)O.CC(C)CCCCCC(S)C(=O)O.CCCCCCC[CH2][Sn+2][CH2]CCCCCCC.[S-2]. The third-order valence-corrected chi connectivity index (χ3v) is 12.5. The van der Waals surface area contributed by atoms with Crippen LogP contribution in [0.4, 0.5) is 0 Å². The van der Waals surface area contributed by atoms with Gasteiger partial charge in [0.05, 0.1) is 10.5 Å². The van der Waals surface area contributed by atoms with Crippen molar-refractivity contribution >= 4 is 71.8 Å². The number of thiol groups is 2. The number of hydrogen-bond donors (Lipinski definition) is 4. The summed E-state index contributed by atoms with van der Waals surface area (Å²) in [7, 11) is 0. The molecule has 0 bridgehead atoms. The van der Waals surface area contributed by atoms with E-state index in [9.17, 15) is 9.59 Å². The summed E-state index contributed by atoms with van der Waals surface area (Å²) >= 11 is 8.01. The Kier molecular flexibility index (Phi) is 49.1. The van der Waals surface area contributed by atoms with Crippen molar-refractivity contribution in [1.82, 2.24) is 0 Å². The van der Waals surface area contributed by atoms with E-state index >= 15 is 0 Å². The Bertz CT molecular complexity index is 532. The van der Waals surface area contributed by atoms with Crippen molar-refractivity contribution in [2.75, 3.05) is 0 Å². The zero-order valence-corrected chi connectivity index (χ0v) is 35.3. The minimum atomic E-state index is -0.799. The molecule has 0 amide bonds. The second-order valence-corrected chi connectivity index (χ2v) is 18.6. The molecule has 264 valence electrons. The van der Waals surface area contributed by atoms with Gasteiger partial charge in [0.2, 0.25) is 0 Å². The molecule has 0 spiro atoms. The van der Waals surface area contributed by atoms with Gasteiger partial charge in [-0.15, -0.1) is 0 Å². The molecule has 0 aliphatic heterocycles. The first kappa shape index (κ1) is 51.6. The average molecular weight is 786 g/mol. The number of unbranched alkanes of at least 4 members (excludes halogenated alkanes) is 14. The standard InChI is InChI=1S/2C10H20O2S.2C8H17.S.Sn/c2*1-8(2)6-4-3-5-7-9(13)10(11)12;2*1-3-5-7-8-6-4-2;;/h2*8-9,13H,3-7H2,1-2H3,(H,11,12);2*1,3-8H2,2H3;;/q;;;;-2;+2. The summed E-state index contributed by atoms with van der Waals surface area (Å²) in [5.74, 6) is -0.0862. The topological polar surface area (TPSA) is 74.6 Å². The molecule has 0 saturated carbocycles. The van der Waals surface area contributed by atoms with Crippen LogP contribution in [0.15, 0.2) is 0 Å². The van der Waals surface area contributed by atoms with Crippen molar-refractivity contribution in [1.29, 1.82) is 0 Å². The molecule has 0 aromatic heterocycles. The molecule has 44 heavy (non-hydrogen) atoms. The summed E-state index contributed by atoms with van der Waals surface area (Å²) in [6.07, 6.45) is 28.3. The molecule has 0 aliphatic rings. The van der Waals surface area contributed by atoms with Crippen molar-refractivity contribution in [2.45, 2.75) is 202 Å². The number of aliphatic carboxylic acids is 2. The molecular weight excluding hydrogens is 711 g/mol. The maximum absolute atomic E-state index is 10.4. The molecular formula is C36H74O4S3Sn. The molecule has 0 rings (SSSR count). The quantitative estimate of drug-likeness (QED) is 0.0362. The molecule has 8 heteroatoms. The fraction of sp³-hybridized carbons (Fsp3) is 0.944. The summed E-state index contributed by atoms with van der Waals surface area (Å²) in [4.78, 5) is 20.8. The van der Waals surface area contributed by atoms with E-state index < -0.39 is 22.4 Å². The Morgan fingerprint density at radius 3 is 1.07 bits per heavy atom. The summed E-state index contributed by atoms with van der Waals surface area (Å²) in [5, 5.41) is 16.2. The smallest absolute Gasteiger partial charge is 2.00 e. The van der Waals surface area contributed by atoms with E-state index in [-0.39, 0.29) is 34.6 Å². The van der Waals surface area contributed by atoms with Crippen molar-refractivity contribution in [3.63, 3.8) is 0 Å². The monoisotopic (exact) mass is 786 g/mol. The Labute approximate surface area is 303 Å². The van der Waals surface area contributed by atoms with Gasteiger partial charge >= 0.3 is 133 Å². The number of carboxylic acid groups (broad SMARTS) is 2. The van der Waals surface area contributed by atoms with Gasteiger partial charge in [-0.25, -0.2) is 0 Å². The van der Waals surface area contributed by atoms with Crippen molar-refractivity contribution in [3.8, 4) is 0 Å². The molecule has 4 nitrogen and oxygen atoms in total. The van der Waals surface area contributed by atoms with Crippen LogP contribution in [0.5, 0.6) is 0 Å². The first-order valence-corrected chi connectivity index (χ1v) is 23.1. The molecule has 0 aromatic rings. The normalized spacial score (nSPS) is 11.9. The fourth-order valence-corrected chi connectivity index (χ4v) is 8.50. The Morgan fingerprint density at radius 2 is 0.773 bits per heavy atom. The first-order chi connectivity index (χ1) is 20.5. The summed E-state index contributed by atoms with van der Waals surface area (Å²) < 4.78 is 3.31. The predicted octanol–water partition coefficient (Wildman–Crippen LogP) is 12.2. The van der Waals surface area contributed by atoms with Gasteiger partial charge in [-0.1, -0.05) is 79.1 Å². The molecule has 2 unspecified atom stereocenters. The predicted molar refractivity (Wildman–Crippen MR) is 206 cm³/mol. The molecule has 0 aliphatic carbocycles. The largest absolute Gasteiger partial charge is 2.00 e. The van der Waals surface area contributed by atoms with E-state index in [0.717, 1.165) is 37.5 Å². The number of carboxylic acids is 2. The van der Waals surface area contributed by atoms with Crippen LogP contribution >= 0.6 is 25.3 Å². The zero-order chi connectivity index (χ0) is 33.1. The average Bonchev–Trinajstić information content (AvgIpc) is 2.95. The third-order valence-electron chi connectivity index (χ3n) is 7.50. The van der Waals surface area contributed by atoms with E-state index in [1.54, 1.807) is 21.7 Å². The van der Waals surface area contributed by atoms with E-state index in [1.807, 2.05) is 0 Å². The molecule has 0 fully saturated rings. The van der Waals surface area contributed by atoms with E-state index in [0.29, 0.717) is 12.8 Å². The third kappa shape index (κ3) is 49.7. The molecule has 0 aromatic carbocycles. The van der Waals surface area contributed by atoms with Crippen LogP contribution in [0.2, 0.25) is 8.87 Å². The van der Waals surface area contributed by atoms with Gasteiger partial charge in [-0.05, 0) is 24.7 Å². The van der Waals surface area contributed by atoms with E-state index in [1.165, 1.54) is 89.9 Å². The Balaban J connectivity index is -0.000000273. The molecule has 0 radical (unpaired) electrons. The second-order valence-electron chi connectivity index (χ2n) is 13.1. The van der Waals surface area contributed by atoms with Crippen molar-refractivity contribution in [2.24, 2.45) is 11.8 Å². The van der Waals surface area contributed by atoms with Gasteiger partial charge in [0.1, 0.15) is 0 Å². The number of hydrogen-bond acceptors (Lipinski definition) is 4. The van der Waals surface area contributed by atoms with E-state index in [4.69, 9.17) is 10.2 Å². The molecule has 2 atom stereocenters. The van der Waals surface area contributed by atoms with Crippen LogP contribution in [0.1, 0.15) is 183 Å².